The lowest BCUT2D eigenvalue weighted by Gasteiger charge is -2.37. The zero-order valence-electron chi connectivity index (χ0n) is 15.1. The summed E-state index contributed by atoms with van der Waals surface area (Å²) in [6.07, 6.45) is 5.18. The Bertz CT molecular complexity index is 847. The molecule has 1 aliphatic carbocycles. The van der Waals surface area contributed by atoms with E-state index < -0.39 is 9.84 Å². The number of fused-ring (bicyclic) bond motifs is 1. The second-order valence-corrected chi connectivity index (χ2v) is 9.93. The first-order valence-corrected chi connectivity index (χ1v) is 11.5. The molecule has 3 nitrogen and oxygen atoms in total. The zero-order chi connectivity index (χ0) is 18.0. The number of rotatable bonds is 4. The lowest BCUT2D eigenvalue weighted by atomic mass is 9.76. The fraction of sp³-hybridized carbons (Fsp3) is 0.455. The zero-order valence-corrected chi connectivity index (χ0v) is 15.9. The van der Waals surface area contributed by atoms with Gasteiger partial charge in [0.2, 0.25) is 0 Å². The summed E-state index contributed by atoms with van der Waals surface area (Å²) in [6.45, 7) is 0. The molecule has 2 aromatic carbocycles. The van der Waals surface area contributed by atoms with E-state index in [0.717, 1.165) is 25.7 Å². The van der Waals surface area contributed by atoms with Crippen molar-refractivity contribution in [2.75, 3.05) is 11.5 Å². The third kappa shape index (κ3) is 3.86. The van der Waals surface area contributed by atoms with Crippen molar-refractivity contribution in [3.63, 3.8) is 0 Å². The van der Waals surface area contributed by atoms with E-state index in [0.29, 0.717) is 11.7 Å². The van der Waals surface area contributed by atoms with Gasteiger partial charge in [-0.1, -0.05) is 54.6 Å². The molecule has 138 valence electrons. The predicted molar refractivity (Wildman–Crippen MR) is 106 cm³/mol. The molecule has 1 aliphatic heterocycles. The molecule has 3 atom stereocenters. The molecule has 4 rings (SSSR count). The van der Waals surface area contributed by atoms with Crippen LogP contribution in [0.3, 0.4) is 0 Å². The molecule has 1 fully saturated rings. The Kier molecular flexibility index (Phi) is 5.14. The molecule has 0 radical (unpaired) electrons. The molecule has 1 saturated heterocycles. The third-order valence-corrected chi connectivity index (χ3v) is 7.68. The number of hydrogen-bond acceptors (Lipinski definition) is 3. The molecular formula is C22H27NO2S. The van der Waals surface area contributed by atoms with Crippen LogP contribution in [-0.2, 0) is 16.3 Å². The Morgan fingerprint density at radius 2 is 1.69 bits per heavy atom. The van der Waals surface area contributed by atoms with E-state index in [9.17, 15) is 8.42 Å². The second kappa shape index (κ2) is 7.53. The van der Waals surface area contributed by atoms with Gasteiger partial charge in [-0.15, -0.1) is 0 Å². The van der Waals surface area contributed by atoms with Crippen LogP contribution in [0.15, 0.2) is 54.6 Å². The maximum atomic E-state index is 12.1. The number of sulfone groups is 1. The van der Waals surface area contributed by atoms with Crippen LogP contribution >= 0.6 is 0 Å². The maximum absolute atomic E-state index is 12.1. The van der Waals surface area contributed by atoms with Crippen molar-refractivity contribution in [1.82, 2.24) is 5.32 Å². The van der Waals surface area contributed by atoms with Gasteiger partial charge in [0.1, 0.15) is 0 Å². The van der Waals surface area contributed by atoms with E-state index in [1.807, 2.05) is 6.07 Å². The van der Waals surface area contributed by atoms with Crippen molar-refractivity contribution < 1.29 is 8.42 Å². The SMILES string of the molecule is O=S1(=O)CCC[C@H](N[C@@H](c2ccccc2)[C@H]2CCCc3ccccc32)C1. The van der Waals surface area contributed by atoms with Gasteiger partial charge in [0.05, 0.1) is 11.5 Å². The molecule has 2 aliphatic rings. The number of nitrogens with one attached hydrogen (secondary N) is 1. The summed E-state index contributed by atoms with van der Waals surface area (Å²) >= 11 is 0. The van der Waals surface area contributed by atoms with Crippen molar-refractivity contribution in [2.24, 2.45) is 0 Å². The van der Waals surface area contributed by atoms with Crippen LogP contribution in [0.2, 0.25) is 0 Å². The van der Waals surface area contributed by atoms with Gasteiger partial charge in [0.25, 0.3) is 0 Å². The standard InChI is InChI=1S/C22H27NO2S/c24-26(25)15-7-12-19(16-26)23-22(18-9-2-1-3-10-18)21-14-6-11-17-8-4-5-13-20(17)21/h1-5,8-10,13,19,21-23H,6-7,11-12,14-16H2/t19-,21-,22-/m0/s1. The number of aryl methyl sites for hydroxylation is 1. The normalized spacial score (nSPS) is 26.0. The highest BCUT2D eigenvalue weighted by atomic mass is 32.2. The van der Waals surface area contributed by atoms with E-state index in [2.05, 4.69) is 53.8 Å². The van der Waals surface area contributed by atoms with Gasteiger partial charge >= 0.3 is 0 Å². The Balaban J connectivity index is 1.66. The van der Waals surface area contributed by atoms with Crippen molar-refractivity contribution in [2.45, 2.75) is 50.1 Å². The molecule has 0 saturated carbocycles. The fourth-order valence-electron chi connectivity index (χ4n) is 4.65. The average Bonchev–Trinajstić information content (AvgIpc) is 2.66. The van der Waals surface area contributed by atoms with Gasteiger partial charge in [0, 0.05) is 18.0 Å². The first-order chi connectivity index (χ1) is 12.6. The van der Waals surface area contributed by atoms with Crippen LogP contribution in [0, 0.1) is 0 Å². The van der Waals surface area contributed by atoms with Gasteiger partial charge in [-0.25, -0.2) is 8.42 Å². The Morgan fingerprint density at radius 3 is 2.50 bits per heavy atom. The highest BCUT2D eigenvalue weighted by Crippen LogP contribution is 2.40. The van der Waals surface area contributed by atoms with Crippen molar-refractivity contribution >= 4 is 9.84 Å². The molecule has 0 unspecified atom stereocenters. The molecule has 1 heterocycles. The monoisotopic (exact) mass is 369 g/mol. The van der Waals surface area contributed by atoms with Gasteiger partial charge < -0.3 is 5.32 Å². The van der Waals surface area contributed by atoms with Gasteiger partial charge in [-0.3, -0.25) is 0 Å². The maximum Gasteiger partial charge on any atom is 0.151 e. The third-order valence-electron chi connectivity index (χ3n) is 5.86. The number of hydrogen-bond donors (Lipinski definition) is 1. The molecule has 26 heavy (non-hydrogen) atoms. The van der Waals surface area contributed by atoms with E-state index in [1.165, 1.54) is 23.1 Å². The largest absolute Gasteiger partial charge is 0.306 e. The molecule has 0 spiro atoms. The lowest BCUT2D eigenvalue weighted by Crippen LogP contribution is -2.44. The first kappa shape index (κ1) is 17.7. The second-order valence-electron chi connectivity index (χ2n) is 7.71. The van der Waals surface area contributed by atoms with E-state index in [1.54, 1.807) is 0 Å². The minimum atomic E-state index is -2.91. The summed E-state index contributed by atoms with van der Waals surface area (Å²) in [5, 5.41) is 3.76. The Morgan fingerprint density at radius 1 is 0.923 bits per heavy atom. The van der Waals surface area contributed by atoms with Crippen LogP contribution in [0.25, 0.3) is 0 Å². The van der Waals surface area contributed by atoms with Crippen LogP contribution in [0.4, 0.5) is 0 Å². The van der Waals surface area contributed by atoms with Gasteiger partial charge in [-0.05, 0) is 48.8 Å². The minimum Gasteiger partial charge on any atom is -0.306 e. The molecule has 2 aromatic rings. The first-order valence-electron chi connectivity index (χ1n) is 9.72. The smallest absolute Gasteiger partial charge is 0.151 e. The summed E-state index contributed by atoms with van der Waals surface area (Å²) in [7, 11) is -2.91. The molecular weight excluding hydrogens is 342 g/mol. The molecule has 0 amide bonds. The Hall–Kier alpha value is -1.65. The summed E-state index contributed by atoms with van der Waals surface area (Å²) in [4.78, 5) is 0. The summed E-state index contributed by atoms with van der Waals surface area (Å²) in [5.41, 5.74) is 4.14. The van der Waals surface area contributed by atoms with Crippen molar-refractivity contribution in [3.05, 3.63) is 71.3 Å². The van der Waals surface area contributed by atoms with Gasteiger partial charge in [-0.2, -0.15) is 0 Å². The molecule has 1 N–H and O–H groups in total. The summed E-state index contributed by atoms with van der Waals surface area (Å²) in [6, 6.07) is 19.5. The summed E-state index contributed by atoms with van der Waals surface area (Å²) < 4.78 is 24.2. The molecule has 0 bridgehead atoms. The number of benzene rings is 2. The highest BCUT2D eigenvalue weighted by Gasteiger charge is 2.33. The van der Waals surface area contributed by atoms with E-state index in [-0.39, 0.29) is 17.8 Å². The van der Waals surface area contributed by atoms with Crippen LogP contribution in [0.1, 0.15) is 54.3 Å². The Labute approximate surface area is 156 Å². The van der Waals surface area contributed by atoms with Crippen LogP contribution in [-0.4, -0.2) is 26.0 Å². The minimum absolute atomic E-state index is 0.0491. The quantitative estimate of drug-likeness (QED) is 0.885. The highest BCUT2D eigenvalue weighted by molar-refractivity contribution is 7.91. The van der Waals surface area contributed by atoms with Crippen molar-refractivity contribution in [3.8, 4) is 0 Å². The predicted octanol–water partition coefficient (Wildman–Crippen LogP) is 4.01. The lowest BCUT2D eigenvalue weighted by molar-refractivity contribution is 0.352. The average molecular weight is 370 g/mol. The van der Waals surface area contributed by atoms with Crippen molar-refractivity contribution in [1.29, 1.82) is 0 Å². The fourth-order valence-corrected chi connectivity index (χ4v) is 6.30. The summed E-state index contributed by atoms with van der Waals surface area (Å²) in [5.74, 6) is 1.00. The van der Waals surface area contributed by atoms with E-state index >= 15 is 0 Å². The topological polar surface area (TPSA) is 46.2 Å². The van der Waals surface area contributed by atoms with Crippen LogP contribution in [0.5, 0.6) is 0 Å². The molecule has 0 aromatic heterocycles. The van der Waals surface area contributed by atoms with Gasteiger partial charge in [0.15, 0.2) is 9.84 Å². The van der Waals surface area contributed by atoms with Crippen LogP contribution < -0.4 is 5.32 Å². The molecule has 4 heteroatoms. The van der Waals surface area contributed by atoms with E-state index in [4.69, 9.17) is 0 Å².